The van der Waals surface area contributed by atoms with Gasteiger partial charge in [-0.05, 0) is 36.2 Å². The lowest BCUT2D eigenvalue weighted by Crippen LogP contribution is -2.14. The summed E-state index contributed by atoms with van der Waals surface area (Å²) in [5.41, 5.74) is 1.52. The van der Waals surface area contributed by atoms with Crippen LogP contribution in [0.15, 0.2) is 65.6 Å². The minimum atomic E-state index is -4.05. The van der Waals surface area contributed by atoms with Crippen LogP contribution in [0.5, 0.6) is 5.88 Å². The fraction of sp³-hybridized carbons (Fsp3) is 0.200. The summed E-state index contributed by atoms with van der Waals surface area (Å²) < 4.78 is 46.6. The van der Waals surface area contributed by atoms with Crippen molar-refractivity contribution in [2.24, 2.45) is 5.92 Å². The number of nitrogens with one attached hydrogen (secondary N) is 1. The number of benzene rings is 2. The Kier molecular flexibility index (Phi) is 5.89. The van der Waals surface area contributed by atoms with E-state index in [2.05, 4.69) is 14.9 Å². The van der Waals surface area contributed by atoms with Crippen molar-refractivity contribution in [1.82, 2.24) is 10.2 Å². The van der Waals surface area contributed by atoms with Crippen molar-refractivity contribution in [3.8, 4) is 17.1 Å². The van der Waals surface area contributed by atoms with Gasteiger partial charge in [0.25, 0.3) is 10.0 Å². The lowest BCUT2D eigenvalue weighted by Gasteiger charge is -2.10. The number of aromatic nitrogens is 2. The first-order valence-electron chi connectivity index (χ1n) is 8.69. The van der Waals surface area contributed by atoms with Crippen LogP contribution in [0.4, 0.5) is 10.1 Å². The Bertz CT molecular complexity index is 1050. The molecule has 1 aromatic heterocycles. The normalized spacial score (nSPS) is 11.4. The maximum atomic E-state index is 13.8. The molecule has 0 radical (unpaired) electrons. The van der Waals surface area contributed by atoms with Gasteiger partial charge in [-0.15, -0.1) is 10.2 Å². The van der Waals surface area contributed by atoms with Crippen LogP contribution in [-0.2, 0) is 10.0 Å². The van der Waals surface area contributed by atoms with Crippen molar-refractivity contribution < 1.29 is 17.5 Å². The van der Waals surface area contributed by atoms with E-state index in [9.17, 15) is 12.8 Å². The zero-order valence-corrected chi connectivity index (χ0v) is 16.3. The van der Waals surface area contributed by atoms with Crippen molar-refractivity contribution >= 4 is 15.7 Å². The highest BCUT2D eigenvalue weighted by molar-refractivity contribution is 7.92. The van der Waals surface area contributed by atoms with E-state index in [1.54, 1.807) is 36.4 Å². The second kappa shape index (κ2) is 8.35. The number of nitrogens with zero attached hydrogens (tertiary/aromatic N) is 2. The minimum Gasteiger partial charge on any atom is -0.476 e. The molecule has 0 saturated heterocycles. The molecule has 0 aliphatic rings. The van der Waals surface area contributed by atoms with Crippen LogP contribution >= 0.6 is 0 Å². The minimum absolute atomic E-state index is 0.294. The van der Waals surface area contributed by atoms with Gasteiger partial charge in [0.1, 0.15) is 10.7 Å². The molecule has 28 heavy (non-hydrogen) atoms. The van der Waals surface area contributed by atoms with Crippen LogP contribution in [-0.4, -0.2) is 25.2 Å². The van der Waals surface area contributed by atoms with Gasteiger partial charge in [0, 0.05) is 17.3 Å². The number of ether oxygens (including phenoxy) is 1. The summed E-state index contributed by atoms with van der Waals surface area (Å²) in [7, 11) is -4.05. The maximum absolute atomic E-state index is 13.8. The van der Waals surface area contributed by atoms with Crippen LogP contribution in [0, 0.1) is 11.7 Å². The van der Waals surface area contributed by atoms with E-state index in [0.29, 0.717) is 35.3 Å². The Morgan fingerprint density at radius 3 is 2.50 bits per heavy atom. The predicted octanol–water partition coefficient (Wildman–Crippen LogP) is 4.12. The average Bonchev–Trinajstić information content (AvgIpc) is 2.67. The summed E-state index contributed by atoms with van der Waals surface area (Å²) in [5, 5.41) is 8.15. The summed E-state index contributed by atoms with van der Waals surface area (Å²) in [5.74, 6) is -0.0106. The number of sulfonamides is 1. The molecule has 146 valence electrons. The maximum Gasteiger partial charge on any atom is 0.264 e. The number of anilines is 1. The van der Waals surface area contributed by atoms with E-state index in [1.165, 1.54) is 18.2 Å². The van der Waals surface area contributed by atoms with Crippen LogP contribution in [0.2, 0.25) is 0 Å². The molecule has 1 N–H and O–H groups in total. The second-order valence-corrected chi connectivity index (χ2v) is 8.23. The molecule has 0 unspecified atom stereocenters. The third-order valence-corrected chi connectivity index (χ3v) is 5.16. The van der Waals surface area contributed by atoms with Crippen LogP contribution in [0.1, 0.15) is 13.8 Å². The molecule has 0 aliphatic carbocycles. The summed E-state index contributed by atoms with van der Waals surface area (Å²) in [4.78, 5) is -0.410. The first-order chi connectivity index (χ1) is 13.3. The Balaban J connectivity index is 1.80. The fourth-order valence-corrected chi connectivity index (χ4v) is 3.55. The van der Waals surface area contributed by atoms with E-state index in [1.807, 2.05) is 13.8 Å². The van der Waals surface area contributed by atoms with E-state index in [4.69, 9.17) is 4.74 Å². The number of hydrogen-bond donors (Lipinski definition) is 1. The molecular weight excluding hydrogens is 381 g/mol. The number of hydrogen-bond acceptors (Lipinski definition) is 5. The quantitative estimate of drug-likeness (QED) is 0.644. The van der Waals surface area contributed by atoms with E-state index in [-0.39, 0.29) is 0 Å². The van der Waals surface area contributed by atoms with Gasteiger partial charge in [-0.3, -0.25) is 4.72 Å². The monoisotopic (exact) mass is 401 g/mol. The van der Waals surface area contributed by atoms with Gasteiger partial charge >= 0.3 is 0 Å². The molecule has 3 aromatic rings. The highest BCUT2D eigenvalue weighted by Gasteiger charge is 2.18. The molecule has 1 heterocycles. The standard InChI is InChI=1S/C20H20FN3O3S/c1-14(2)13-27-20-11-10-18(22-23-20)15-6-5-7-16(12-15)24-28(25,26)19-9-4-3-8-17(19)21/h3-12,14,24H,13H2,1-2H3. The summed E-state index contributed by atoms with van der Waals surface area (Å²) in [6, 6.07) is 15.3. The zero-order chi connectivity index (χ0) is 20.1. The number of halogens is 1. The molecule has 0 saturated carbocycles. The topological polar surface area (TPSA) is 81.2 Å². The summed E-state index contributed by atoms with van der Waals surface area (Å²) in [6.45, 7) is 4.62. The molecule has 6 nitrogen and oxygen atoms in total. The predicted molar refractivity (Wildman–Crippen MR) is 105 cm³/mol. The lowest BCUT2D eigenvalue weighted by molar-refractivity contribution is 0.258. The molecule has 3 rings (SSSR count). The van der Waals surface area contributed by atoms with Crippen molar-refractivity contribution in [2.45, 2.75) is 18.7 Å². The van der Waals surface area contributed by atoms with Crippen LogP contribution in [0.3, 0.4) is 0 Å². The Labute approximate surface area is 163 Å². The van der Waals surface area contributed by atoms with Gasteiger partial charge in [-0.2, -0.15) is 0 Å². The zero-order valence-electron chi connectivity index (χ0n) is 15.5. The van der Waals surface area contributed by atoms with Crippen molar-refractivity contribution in [2.75, 3.05) is 11.3 Å². The van der Waals surface area contributed by atoms with E-state index < -0.39 is 20.7 Å². The first-order valence-corrected chi connectivity index (χ1v) is 10.2. The lowest BCUT2D eigenvalue weighted by atomic mass is 10.1. The van der Waals surface area contributed by atoms with Gasteiger partial charge in [0.15, 0.2) is 0 Å². The smallest absolute Gasteiger partial charge is 0.264 e. The molecule has 0 atom stereocenters. The summed E-state index contributed by atoms with van der Waals surface area (Å²) >= 11 is 0. The SMILES string of the molecule is CC(C)COc1ccc(-c2cccc(NS(=O)(=O)c3ccccc3F)c2)nn1. The van der Waals surface area contributed by atoms with E-state index >= 15 is 0 Å². The van der Waals surface area contributed by atoms with Crippen molar-refractivity contribution in [3.63, 3.8) is 0 Å². The highest BCUT2D eigenvalue weighted by atomic mass is 32.2. The first kappa shape index (κ1) is 19.8. The van der Waals surface area contributed by atoms with Gasteiger partial charge in [-0.1, -0.05) is 38.1 Å². The third-order valence-electron chi connectivity index (χ3n) is 3.74. The summed E-state index contributed by atoms with van der Waals surface area (Å²) in [6.07, 6.45) is 0. The molecule has 0 amide bonds. The molecular formula is C20H20FN3O3S. The molecule has 0 spiro atoms. The van der Waals surface area contributed by atoms with Crippen molar-refractivity contribution in [3.05, 3.63) is 66.5 Å². The molecule has 0 aliphatic heterocycles. The Morgan fingerprint density at radius 1 is 1.04 bits per heavy atom. The Morgan fingerprint density at radius 2 is 1.82 bits per heavy atom. The second-order valence-electron chi connectivity index (χ2n) is 6.58. The fourth-order valence-electron chi connectivity index (χ4n) is 2.42. The number of rotatable bonds is 7. The molecule has 0 bridgehead atoms. The van der Waals surface area contributed by atoms with Crippen LogP contribution in [0.25, 0.3) is 11.3 Å². The van der Waals surface area contributed by atoms with Crippen LogP contribution < -0.4 is 9.46 Å². The molecule has 8 heteroatoms. The van der Waals surface area contributed by atoms with Gasteiger partial charge in [0.05, 0.1) is 12.3 Å². The third kappa shape index (κ3) is 4.83. The highest BCUT2D eigenvalue weighted by Crippen LogP contribution is 2.24. The molecule has 0 fully saturated rings. The Hall–Kier alpha value is -3.00. The molecule has 2 aromatic carbocycles. The van der Waals surface area contributed by atoms with E-state index in [0.717, 1.165) is 6.07 Å². The van der Waals surface area contributed by atoms with Gasteiger partial charge < -0.3 is 4.74 Å². The van der Waals surface area contributed by atoms with Crippen molar-refractivity contribution in [1.29, 1.82) is 0 Å². The van der Waals surface area contributed by atoms with Gasteiger partial charge in [-0.25, -0.2) is 12.8 Å². The average molecular weight is 401 g/mol. The van der Waals surface area contributed by atoms with Gasteiger partial charge in [0.2, 0.25) is 5.88 Å². The largest absolute Gasteiger partial charge is 0.476 e.